The highest BCUT2D eigenvalue weighted by Crippen LogP contribution is 2.09. The standard InChI is InChI=1S/C15H19N3O2/c1-18-11-13(9-17-18)14(19)10-16-15(20)8-7-12-5-3-2-4-6-12/h2-6,9,11,14,19H,7-8,10H2,1H3,(H,16,20)/t14-/m0/s1. The molecular formula is C15H19N3O2. The maximum Gasteiger partial charge on any atom is 0.220 e. The first-order valence-corrected chi connectivity index (χ1v) is 6.62. The van der Waals surface area contributed by atoms with Gasteiger partial charge in [0, 0.05) is 31.8 Å². The van der Waals surface area contributed by atoms with Gasteiger partial charge in [0.25, 0.3) is 0 Å². The van der Waals surface area contributed by atoms with Gasteiger partial charge in [-0.1, -0.05) is 30.3 Å². The molecule has 0 aliphatic heterocycles. The van der Waals surface area contributed by atoms with Gasteiger partial charge in [-0.05, 0) is 12.0 Å². The van der Waals surface area contributed by atoms with Crippen molar-refractivity contribution >= 4 is 5.91 Å². The summed E-state index contributed by atoms with van der Waals surface area (Å²) in [5.41, 5.74) is 1.84. The Morgan fingerprint density at radius 2 is 2.15 bits per heavy atom. The second-order valence-electron chi connectivity index (χ2n) is 4.75. The van der Waals surface area contributed by atoms with Gasteiger partial charge >= 0.3 is 0 Å². The maximum atomic E-state index is 11.7. The molecule has 0 aliphatic carbocycles. The summed E-state index contributed by atoms with van der Waals surface area (Å²) in [5.74, 6) is -0.0585. The lowest BCUT2D eigenvalue weighted by Gasteiger charge is -2.10. The lowest BCUT2D eigenvalue weighted by molar-refractivity contribution is -0.121. The summed E-state index contributed by atoms with van der Waals surface area (Å²) in [5, 5.41) is 16.6. The molecule has 5 heteroatoms. The molecule has 0 bridgehead atoms. The minimum atomic E-state index is -0.718. The van der Waals surface area contributed by atoms with Crippen LogP contribution in [-0.4, -0.2) is 27.3 Å². The monoisotopic (exact) mass is 273 g/mol. The first kappa shape index (κ1) is 14.3. The van der Waals surface area contributed by atoms with Crippen LogP contribution < -0.4 is 5.32 Å². The molecule has 1 atom stereocenters. The molecule has 0 saturated heterocycles. The average Bonchev–Trinajstić information content (AvgIpc) is 2.90. The third kappa shape index (κ3) is 4.20. The zero-order valence-electron chi connectivity index (χ0n) is 11.5. The molecule has 2 aromatic rings. The van der Waals surface area contributed by atoms with Crippen molar-refractivity contribution in [3.05, 3.63) is 53.9 Å². The summed E-state index contributed by atoms with van der Waals surface area (Å²) in [6.07, 6.45) is 3.74. The normalized spacial score (nSPS) is 12.1. The predicted octanol–water partition coefficient (Wildman–Crippen LogP) is 1.20. The van der Waals surface area contributed by atoms with Crippen molar-refractivity contribution in [3.8, 4) is 0 Å². The second-order valence-corrected chi connectivity index (χ2v) is 4.75. The van der Waals surface area contributed by atoms with Crippen LogP contribution in [0.4, 0.5) is 0 Å². The van der Waals surface area contributed by atoms with Gasteiger partial charge in [0.2, 0.25) is 5.91 Å². The molecule has 5 nitrogen and oxygen atoms in total. The van der Waals surface area contributed by atoms with Crippen molar-refractivity contribution in [1.82, 2.24) is 15.1 Å². The highest BCUT2D eigenvalue weighted by molar-refractivity contribution is 5.76. The molecule has 0 aliphatic rings. The zero-order valence-corrected chi connectivity index (χ0v) is 11.5. The lowest BCUT2D eigenvalue weighted by Crippen LogP contribution is -2.28. The number of aliphatic hydroxyl groups excluding tert-OH is 1. The molecule has 20 heavy (non-hydrogen) atoms. The maximum absolute atomic E-state index is 11.7. The SMILES string of the molecule is Cn1cc([C@@H](O)CNC(=O)CCc2ccccc2)cn1. The number of aromatic nitrogens is 2. The number of nitrogens with one attached hydrogen (secondary N) is 1. The second kappa shape index (κ2) is 6.86. The Labute approximate surface area is 118 Å². The van der Waals surface area contributed by atoms with Crippen molar-refractivity contribution in [2.75, 3.05) is 6.54 Å². The van der Waals surface area contributed by atoms with Crippen LogP contribution in [0.25, 0.3) is 0 Å². The van der Waals surface area contributed by atoms with E-state index >= 15 is 0 Å². The average molecular weight is 273 g/mol. The van der Waals surface area contributed by atoms with Crippen LogP contribution in [0.1, 0.15) is 23.7 Å². The van der Waals surface area contributed by atoms with E-state index in [2.05, 4.69) is 10.4 Å². The third-order valence-corrected chi connectivity index (χ3v) is 3.09. The molecule has 1 heterocycles. The van der Waals surface area contributed by atoms with E-state index in [4.69, 9.17) is 0 Å². The zero-order chi connectivity index (χ0) is 14.4. The van der Waals surface area contributed by atoms with Crippen LogP contribution in [0.5, 0.6) is 0 Å². The molecule has 1 aromatic heterocycles. The molecule has 1 amide bonds. The van der Waals surface area contributed by atoms with Gasteiger partial charge in [0.05, 0.1) is 12.3 Å². The Balaban J connectivity index is 1.72. The fraction of sp³-hybridized carbons (Fsp3) is 0.333. The highest BCUT2D eigenvalue weighted by Gasteiger charge is 2.11. The van der Waals surface area contributed by atoms with E-state index in [0.717, 1.165) is 5.56 Å². The smallest absolute Gasteiger partial charge is 0.220 e. The van der Waals surface area contributed by atoms with Crippen molar-refractivity contribution < 1.29 is 9.90 Å². The fourth-order valence-electron chi connectivity index (χ4n) is 1.93. The topological polar surface area (TPSA) is 67.2 Å². The van der Waals surface area contributed by atoms with Crippen molar-refractivity contribution in [3.63, 3.8) is 0 Å². The molecule has 0 radical (unpaired) electrons. The molecule has 0 saturated carbocycles. The number of amides is 1. The molecular weight excluding hydrogens is 254 g/mol. The fourth-order valence-corrected chi connectivity index (χ4v) is 1.93. The van der Waals surface area contributed by atoms with E-state index in [1.807, 2.05) is 30.3 Å². The van der Waals surface area contributed by atoms with Gasteiger partial charge in [0.1, 0.15) is 0 Å². The van der Waals surface area contributed by atoms with Gasteiger partial charge in [-0.15, -0.1) is 0 Å². The summed E-state index contributed by atoms with van der Waals surface area (Å²) in [4.78, 5) is 11.7. The van der Waals surface area contributed by atoms with Crippen molar-refractivity contribution in [2.24, 2.45) is 7.05 Å². The number of hydrogen-bond acceptors (Lipinski definition) is 3. The summed E-state index contributed by atoms with van der Waals surface area (Å²) in [6, 6.07) is 9.86. The third-order valence-electron chi connectivity index (χ3n) is 3.09. The van der Waals surface area contributed by atoms with Crippen LogP contribution in [0.3, 0.4) is 0 Å². The van der Waals surface area contributed by atoms with Crippen molar-refractivity contribution in [2.45, 2.75) is 18.9 Å². The number of nitrogens with zero attached hydrogens (tertiary/aromatic N) is 2. The van der Waals surface area contributed by atoms with E-state index in [-0.39, 0.29) is 12.5 Å². The molecule has 1 aromatic carbocycles. The first-order chi connectivity index (χ1) is 9.65. The van der Waals surface area contributed by atoms with E-state index < -0.39 is 6.10 Å². The molecule has 106 valence electrons. The van der Waals surface area contributed by atoms with Crippen LogP contribution >= 0.6 is 0 Å². The molecule has 0 unspecified atom stereocenters. The summed E-state index contributed by atoms with van der Waals surface area (Å²) < 4.78 is 1.62. The number of benzene rings is 1. The van der Waals surface area contributed by atoms with E-state index in [9.17, 15) is 9.90 Å². The van der Waals surface area contributed by atoms with E-state index in [1.165, 1.54) is 0 Å². The minimum Gasteiger partial charge on any atom is -0.386 e. The van der Waals surface area contributed by atoms with Crippen LogP contribution in [0.15, 0.2) is 42.7 Å². The van der Waals surface area contributed by atoms with Gasteiger partial charge in [-0.3, -0.25) is 9.48 Å². The Hall–Kier alpha value is -2.14. The van der Waals surface area contributed by atoms with Crippen LogP contribution in [0.2, 0.25) is 0 Å². The van der Waals surface area contributed by atoms with Gasteiger partial charge in [0.15, 0.2) is 0 Å². The van der Waals surface area contributed by atoms with Gasteiger partial charge in [-0.2, -0.15) is 5.10 Å². The first-order valence-electron chi connectivity index (χ1n) is 6.62. The van der Waals surface area contributed by atoms with Crippen LogP contribution in [0, 0.1) is 0 Å². The quantitative estimate of drug-likeness (QED) is 0.831. The lowest BCUT2D eigenvalue weighted by atomic mass is 10.1. The number of rotatable bonds is 6. The number of carbonyl (C=O) groups excluding carboxylic acids is 1. The molecule has 2 N–H and O–H groups in total. The highest BCUT2D eigenvalue weighted by atomic mass is 16.3. The predicted molar refractivity (Wildman–Crippen MR) is 75.9 cm³/mol. The van der Waals surface area contributed by atoms with Gasteiger partial charge in [-0.25, -0.2) is 0 Å². The number of hydrogen-bond donors (Lipinski definition) is 2. The Morgan fingerprint density at radius 1 is 1.40 bits per heavy atom. The summed E-state index contributed by atoms with van der Waals surface area (Å²) >= 11 is 0. The Kier molecular flexibility index (Phi) is 4.90. The number of carbonyl (C=O) groups is 1. The molecule has 2 rings (SSSR count). The summed E-state index contributed by atoms with van der Waals surface area (Å²) in [6.45, 7) is 0.208. The molecule has 0 fully saturated rings. The summed E-state index contributed by atoms with van der Waals surface area (Å²) in [7, 11) is 1.79. The largest absolute Gasteiger partial charge is 0.386 e. The van der Waals surface area contributed by atoms with E-state index in [1.54, 1.807) is 24.1 Å². The van der Waals surface area contributed by atoms with Crippen LogP contribution in [-0.2, 0) is 18.3 Å². The Bertz CT molecular complexity index is 551. The number of aliphatic hydroxyl groups is 1. The number of aryl methyl sites for hydroxylation is 2. The minimum absolute atomic E-state index is 0.0585. The van der Waals surface area contributed by atoms with Crippen molar-refractivity contribution in [1.29, 1.82) is 0 Å². The van der Waals surface area contributed by atoms with E-state index in [0.29, 0.717) is 18.4 Å². The Morgan fingerprint density at radius 3 is 2.80 bits per heavy atom. The molecule has 0 spiro atoms. The van der Waals surface area contributed by atoms with Gasteiger partial charge < -0.3 is 10.4 Å².